The molecule has 1 aromatic heterocycles. The van der Waals surface area contributed by atoms with E-state index in [4.69, 9.17) is 14.6 Å². The van der Waals surface area contributed by atoms with Crippen molar-refractivity contribution in [3.8, 4) is 5.75 Å². The molecule has 73 valence electrons. The first-order valence-electron chi connectivity index (χ1n) is 4.14. The largest absolute Gasteiger partial charge is 0.507 e. The average molecular weight is 193 g/mol. The first-order chi connectivity index (χ1) is 6.70. The van der Waals surface area contributed by atoms with Gasteiger partial charge in [-0.25, -0.2) is 0 Å². The number of phenols is 1. The van der Waals surface area contributed by atoms with Crippen molar-refractivity contribution in [2.75, 3.05) is 6.61 Å². The molecular formula is C10H9O4. The first kappa shape index (κ1) is 9.05. The van der Waals surface area contributed by atoms with E-state index in [-0.39, 0.29) is 11.5 Å². The second-order valence-electron chi connectivity index (χ2n) is 2.98. The van der Waals surface area contributed by atoms with Crippen LogP contribution in [0.25, 0.3) is 11.0 Å². The van der Waals surface area contributed by atoms with Crippen LogP contribution in [0.4, 0.5) is 0 Å². The molecule has 0 spiro atoms. The number of phenolic OH excluding ortho intramolecular Hbond substituents is 1. The summed E-state index contributed by atoms with van der Waals surface area (Å²) in [6.45, 7) is -0.393. The van der Waals surface area contributed by atoms with Crippen LogP contribution in [0.1, 0.15) is 11.9 Å². The predicted octanol–water partition coefficient (Wildman–Crippen LogP) is 0.964. The zero-order valence-corrected chi connectivity index (χ0v) is 7.27. The van der Waals surface area contributed by atoms with Gasteiger partial charge in [-0.2, -0.15) is 0 Å². The van der Waals surface area contributed by atoms with Crippen molar-refractivity contribution in [1.29, 1.82) is 0 Å². The smallest absolute Gasteiger partial charge is 0.138 e. The monoisotopic (exact) mass is 193 g/mol. The number of hydrogen-bond donors (Lipinski definition) is 3. The van der Waals surface area contributed by atoms with Crippen LogP contribution in [0.2, 0.25) is 0 Å². The van der Waals surface area contributed by atoms with E-state index in [0.29, 0.717) is 5.58 Å². The fourth-order valence-electron chi connectivity index (χ4n) is 1.24. The average Bonchev–Trinajstić information content (AvgIpc) is 2.59. The van der Waals surface area contributed by atoms with Gasteiger partial charge in [0.25, 0.3) is 0 Å². The Labute approximate surface area is 80.0 Å². The summed E-state index contributed by atoms with van der Waals surface area (Å²) in [7, 11) is 0. The van der Waals surface area contributed by atoms with Crippen molar-refractivity contribution in [3.05, 3.63) is 30.0 Å². The molecule has 0 aliphatic carbocycles. The summed E-state index contributed by atoms with van der Waals surface area (Å²) in [5.41, 5.74) is 0.462. The molecule has 0 amide bonds. The fraction of sp³-hybridized carbons (Fsp3) is 0.200. The van der Waals surface area contributed by atoms with Crippen molar-refractivity contribution in [3.63, 3.8) is 0 Å². The maximum atomic E-state index is 9.28. The van der Waals surface area contributed by atoms with Gasteiger partial charge in [0, 0.05) is 17.5 Å². The quantitative estimate of drug-likeness (QED) is 0.664. The minimum Gasteiger partial charge on any atom is -0.507 e. The predicted molar refractivity (Wildman–Crippen MR) is 48.8 cm³/mol. The van der Waals surface area contributed by atoms with Crippen LogP contribution >= 0.6 is 0 Å². The molecule has 3 N–H and O–H groups in total. The molecule has 0 saturated heterocycles. The Balaban J connectivity index is 2.51. The van der Waals surface area contributed by atoms with Crippen LogP contribution in [0.5, 0.6) is 5.75 Å². The fourth-order valence-corrected chi connectivity index (χ4v) is 1.24. The molecule has 1 aromatic carbocycles. The molecule has 1 radical (unpaired) electrons. The Morgan fingerprint density at radius 3 is 2.93 bits per heavy atom. The van der Waals surface area contributed by atoms with Crippen molar-refractivity contribution in [2.24, 2.45) is 0 Å². The summed E-state index contributed by atoms with van der Waals surface area (Å²) in [6, 6.07) is 7.16. The number of fused-ring (bicyclic) bond motifs is 1. The van der Waals surface area contributed by atoms with Crippen molar-refractivity contribution in [2.45, 2.75) is 6.10 Å². The van der Waals surface area contributed by atoms with Gasteiger partial charge >= 0.3 is 0 Å². The molecule has 14 heavy (non-hydrogen) atoms. The topological polar surface area (TPSA) is 73.8 Å². The van der Waals surface area contributed by atoms with Gasteiger partial charge in [0.05, 0.1) is 6.61 Å². The van der Waals surface area contributed by atoms with E-state index < -0.39 is 12.7 Å². The van der Waals surface area contributed by atoms with E-state index in [0.717, 1.165) is 5.39 Å². The van der Waals surface area contributed by atoms with Gasteiger partial charge in [0.1, 0.15) is 23.2 Å². The third kappa shape index (κ3) is 1.45. The number of benzene rings is 1. The summed E-state index contributed by atoms with van der Waals surface area (Å²) in [5, 5.41) is 27.8. The second-order valence-corrected chi connectivity index (χ2v) is 2.98. The standard InChI is InChI=1S/C10H9O4/c11-5-8(13)10-3-6-1-2-7(12)4-9(6)14-10/h1,3-4,8,11-13H,5H2. The van der Waals surface area contributed by atoms with E-state index in [9.17, 15) is 5.11 Å². The Hall–Kier alpha value is -1.52. The van der Waals surface area contributed by atoms with Gasteiger partial charge in [-0.1, -0.05) is 0 Å². The highest BCUT2D eigenvalue weighted by Crippen LogP contribution is 2.26. The zero-order chi connectivity index (χ0) is 10.1. The molecule has 0 saturated carbocycles. The van der Waals surface area contributed by atoms with E-state index in [1.54, 1.807) is 12.1 Å². The summed E-state index contributed by atoms with van der Waals surface area (Å²) in [5.74, 6) is 0.262. The lowest BCUT2D eigenvalue weighted by atomic mass is 10.2. The Kier molecular flexibility index (Phi) is 2.15. The van der Waals surface area contributed by atoms with Crippen LogP contribution < -0.4 is 0 Å². The molecule has 0 bridgehead atoms. The normalized spacial score (nSPS) is 13.3. The van der Waals surface area contributed by atoms with Crippen LogP contribution in [0.3, 0.4) is 0 Å². The molecule has 0 aliphatic rings. The van der Waals surface area contributed by atoms with Crippen LogP contribution in [-0.4, -0.2) is 21.9 Å². The Bertz CT molecular complexity index is 446. The highest BCUT2D eigenvalue weighted by Gasteiger charge is 2.12. The summed E-state index contributed by atoms with van der Waals surface area (Å²) in [4.78, 5) is 0. The Morgan fingerprint density at radius 2 is 2.21 bits per heavy atom. The lowest BCUT2D eigenvalue weighted by molar-refractivity contribution is 0.0789. The third-order valence-electron chi connectivity index (χ3n) is 1.95. The molecule has 1 unspecified atom stereocenters. The number of aromatic hydroxyl groups is 1. The van der Waals surface area contributed by atoms with Crippen LogP contribution in [0, 0.1) is 6.07 Å². The number of aliphatic hydroxyl groups excluding tert-OH is 2. The summed E-state index contributed by atoms with van der Waals surface area (Å²) >= 11 is 0. The van der Waals surface area contributed by atoms with E-state index in [1.807, 2.05) is 0 Å². The lowest BCUT2D eigenvalue weighted by Crippen LogP contribution is -1.99. The highest BCUT2D eigenvalue weighted by molar-refractivity contribution is 5.79. The maximum absolute atomic E-state index is 9.28. The van der Waals surface area contributed by atoms with E-state index >= 15 is 0 Å². The SMILES string of the molecule is OCC(O)c1cc2c[c]c(O)cc2o1. The van der Waals surface area contributed by atoms with Gasteiger partial charge in [0.15, 0.2) is 0 Å². The Morgan fingerprint density at radius 1 is 1.43 bits per heavy atom. The molecule has 4 nitrogen and oxygen atoms in total. The molecule has 0 fully saturated rings. The van der Waals surface area contributed by atoms with Gasteiger partial charge in [-0.3, -0.25) is 0 Å². The molecule has 1 heterocycles. The number of aliphatic hydroxyl groups is 2. The molecular weight excluding hydrogens is 184 g/mol. The second kappa shape index (κ2) is 3.32. The van der Waals surface area contributed by atoms with Crippen molar-refractivity contribution >= 4 is 11.0 Å². The molecule has 4 heteroatoms. The molecule has 0 aliphatic heterocycles. The number of rotatable bonds is 2. The van der Waals surface area contributed by atoms with E-state index in [1.165, 1.54) is 6.07 Å². The van der Waals surface area contributed by atoms with Crippen molar-refractivity contribution in [1.82, 2.24) is 0 Å². The van der Waals surface area contributed by atoms with Crippen LogP contribution in [0.15, 0.2) is 22.6 Å². The highest BCUT2D eigenvalue weighted by atomic mass is 16.4. The van der Waals surface area contributed by atoms with E-state index in [2.05, 4.69) is 6.07 Å². The van der Waals surface area contributed by atoms with Crippen molar-refractivity contribution < 1.29 is 19.7 Å². The molecule has 2 rings (SSSR count). The van der Waals surface area contributed by atoms with Gasteiger partial charge in [0.2, 0.25) is 0 Å². The van der Waals surface area contributed by atoms with Gasteiger partial charge in [-0.05, 0) is 12.1 Å². The zero-order valence-electron chi connectivity index (χ0n) is 7.27. The minimum absolute atomic E-state index is 0.0168. The third-order valence-corrected chi connectivity index (χ3v) is 1.95. The molecule has 2 aromatic rings. The lowest BCUT2D eigenvalue weighted by Gasteiger charge is -2.00. The maximum Gasteiger partial charge on any atom is 0.138 e. The van der Waals surface area contributed by atoms with Crippen LogP contribution in [-0.2, 0) is 0 Å². The summed E-state index contributed by atoms with van der Waals surface area (Å²) in [6.07, 6.45) is -1.02. The molecule has 1 atom stereocenters. The summed E-state index contributed by atoms with van der Waals surface area (Å²) < 4.78 is 5.21. The first-order valence-corrected chi connectivity index (χ1v) is 4.14. The minimum atomic E-state index is -1.02. The van der Waals surface area contributed by atoms with Gasteiger partial charge < -0.3 is 19.7 Å². The number of hydrogen-bond acceptors (Lipinski definition) is 4. The van der Waals surface area contributed by atoms with Gasteiger partial charge in [-0.15, -0.1) is 0 Å². The number of furan rings is 1.